The van der Waals surface area contributed by atoms with Gasteiger partial charge in [0.15, 0.2) is 0 Å². The largest absolute Gasteiger partial charge is 0.493 e. The summed E-state index contributed by atoms with van der Waals surface area (Å²) in [5, 5.41) is 8.10. The number of benzene rings is 1. The second kappa shape index (κ2) is 6.31. The Balaban J connectivity index is 1.66. The lowest BCUT2D eigenvalue weighted by Crippen LogP contribution is -2.23. The van der Waals surface area contributed by atoms with E-state index < -0.39 is 0 Å². The molecule has 0 fully saturated rings. The zero-order valence-corrected chi connectivity index (χ0v) is 12.8. The summed E-state index contributed by atoms with van der Waals surface area (Å²) >= 11 is 0. The van der Waals surface area contributed by atoms with Crippen molar-refractivity contribution >= 4 is 0 Å². The molecule has 0 bridgehead atoms. The van der Waals surface area contributed by atoms with Crippen LogP contribution in [0.4, 0.5) is 0 Å². The van der Waals surface area contributed by atoms with Crippen LogP contribution in [0.5, 0.6) is 5.75 Å². The zero-order valence-electron chi connectivity index (χ0n) is 12.8. The number of fused-ring (bicyclic) bond motifs is 1. The van der Waals surface area contributed by atoms with Crippen LogP contribution in [0.2, 0.25) is 0 Å². The monoisotopic (exact) mass is 285 g/mol. The van der Waals surface area contributed by atoms with Gasteiger partial charge in [-0.05, 0) is 31.4 Å². The second-order valence-electron chi connectivity index (χ2n) is 5.72. The molecule has 2 heterocycles. The molecule has 1 N–H and O–H groups in total. The Kier molecular flexibility index (Phi) is 4.25. The number of para-hydroxylation sites is 1. The molecule has 0 radical (unpaired) electrons. The highest BCUT2D eigenvalue weighted by molar-refractivity contribution is 5.43. The molecule has 1 aliphatic rings. The number of aryl methyl sites for hydroxylation is 2. The first-order chi connectivity index (χ1) is 10.2. The van der Waals surface area contributed by atoms with Crippen molar-refractivity contribution in [1.82, 2.24) is 15.1 Å². The number of hydrogen-bond donors (Lipinski definition) is 1. The quantitative estimate of drug-likeness (QED) is 0.939. The second-order valence-corrected chi connectivity index (χ2v) is 5.72. The fraction of sp³-hybridized carbons (Fsp3) is 0.471. The molecule has 1 aromatic heterocycles. The van der Waals surface area contributed by atoms with Gasteiger partial charge in [-0.3, -0.25) is 4.68 Å². The minimum Gasteiger partial charge on any atom is -0.493 e. The van der Waals surface area contributed by atoms with Gasteiger partial charge in [-0.25, -0.2) is 0 Å². The van der Waals surface area contributed by atoms with Gasteiger partial charge in [0.2, 0.25) is 0 Å². The third kappa shape index (κ3) is 3.27. The molecule has 3 rings (SSSR count). The zero-order chi connectivity index (χ0) is 14.7. The normalized spacial score (nSPS) is 17.9. The fourth-order valence-corrected chi connectivity index (χ4v) is 2.95. The van der Waals surface area contributed by atoms with Crippen LogP contribution in [0.25, 0.3) is 0 Å². The molecule has 1 aliphatic heterocycles. The highest BCUT2D eigenvalue weighted by atomic mass is 16.5. The van der Waals surface area contributed by atoms with E-state index in [1.54, 1.807) is 0 Å². The van der Waals surface area contributed by atoms with Crippen molar-refractivity contribution in [3.63, 3.8) is 0 Å². The molecule has 4 heteroatoms. The fourth-order valence-electron chi connectivity index (χ4n) is 2.95. The Bertz CT molecular complexity index is 606. The summed E-state index contributed by atoms with van der Waals surface area (Å²) in [4.78, 5) is 0. The number of hydrogen-bond acceptors (Lipinski definition) is 3. The van der Waals surface area contributed by atoms with Crippen LogP contribution in [0, 0.1) is 6.92 Å². The molecule has 1 aromatic carbocycles. The molecule has 2 aromatic rings. The highest BCUT2D eigenvalue weighted by Crippen LogP contribution is 2.33. The maximum absolute atomic E-state index is 5.92. The smallest absolute Gasteiger partial charge is 0.126 e. The van der Waals surface area contributed by atoms with E-state index in [0.717, 1.165) is 43.9 Å². The predicted molar refractivity (Wildman–Crippen MR) is 83.6 cm³/mol. The van der Waals surface area contributed by atoms with Crippen LogP contribution in [0.15, 0.2) is 30.5 Å². The van der Waals surface area contributed by atoms with E-state index in [1.165, 1.54) is 11.1 Å². The highest BCUT2D eigenvalue weighted by Gasteiger charge is 2.20. The van der Waals surface area contributed by atoms with Crippen LogP contribution < -0.4 is 10.1 Å². The van der Waals surface area contributed by atoms with Crippen molar-refractivity contribution < 1.29 is 4.74 Å². The topological polar surface area (TPSA) is 39.1 Å². The molecule has 0 amide bonds. The van der Waals surface area contributed by atoms with Gasteiger partial charge in [0.05, 0.1) is 12.3 Å². The summed E-state index contributed by atoms with van der Waals surface area (Å²) in [5.41, 5.74) is 3.67. The summed E-state index contributed by atoms with van der Waals surface area (Å²) in [5.74, 6) is 1.07. The average molecular weight is 285 g/mol. The summed E-state index contributed by atoms with van der Waals surface area (Å²) in [7, 11) is 1.96. The van der Waals surface area contributed by atoms with Crippen molar-refractivity contribution in [2.24, 2.45) is 7.05 Å². The molecule has 1 atom stereocenters. The number of rotatable bonds is 4. The van der Waals surface area contributed by atoms with E-state index in [0.29, 0.717) is 6.04 Å². The summed E-state index contributed by atoms with van der Waals surface area (Å²) in [6.45, 7) is 3.88. The van der Waals surface area contributed by atoms with Gasteiger partial charge in [-0.1, -0.05) is 18.2 Å². The van der Waals surface area contributed by atoms with Gasteiger partial charge in [0, 0.05) is 37.8 Å². The minimum atomic E-state index is 0.381. The molecule has 0 aliphatic carbocycles. The molecule has 0 saturated carbocycles. The van der Waals surface area contributed by atoms with Gasteiger partial charge < -0.3 is 10.1 Å². The van der Waals surface area contributed by atoms with Gasteiger partial charge >= 0.3 is 0 Å². The molecule has 0 saturated heterocycles. The van der Waals surface area contributed by atoms with Crippen LogP contribution in [0.1, 0.15) is 35.7 Å². The Labute approximate surface area is 126 Å². The Hall–Kier alpha value is -1.81. The Morgan fingerprint density at radius 2 is 2.29 bits per heavy atom. The van der Waals surface area contributed by atoms with Crippen LogP contribution in [0.3, 0.4) is 0 Å². The third-order valence-electron chi connectivity index (χ3n) is 4.04. The number of nitrogens with zero attached hydrogens (tertiary/aromatic N) is 2. The van der Waals surface area contributed by atoms with Crippen LogP contribution >= 0.6 is 0 Å². The first-order valence-corrected chi connectivity index (χ1v) is 7.68. The third-order valence-corrected chi connectivity index (χ3v) is 4.04. The van der Waals surface area contributed by atoms with Gasteiger partial charge in [0.1, 0.15) is 5.75 Å². The van der Waals surface area contributed by atoms with Gasteiger partial charge in [-0.15, -0.1) is 0 Å². The number of ether oxygens (including phenoxy) is 1. The van der Waals surface area contributed by atoms with Crippen molar-refractivity contribution in [2.45, 2.75) is 32.2 Å². The molecule has 21 heavy (non-hydrogen) atoms. The molecular weight excluding hydrogens is 262 g/mol. The lowest BCUT2D eigenvalue weighted by Gasteiger charge is -2.19. The Morgan fingerprint density at radius 3 is 3.10 bits per heavy atom. The summed E-state index contributed by atoms with van der Waals surface area (Å²) < 4.78 is 7.78. The molecule has 4 nitrogen and oxygen atoms in total. The van der Waals surface area contributed by atoms with E-state index in [4.69, 9.17) is 4.74 Å². The number of nitrogens with one attached hydrogen (secondary N) is 1. The average Bonchev–Trinajstić information content (AvgIpc) is 2.77. The maximum atomic E-state index is 5.92. The standard InChI is InChI=1S/C17H23N3O/c1-13-5-3-6-15-16(7-4-12-21-17(13)15)18-10-8-14-9-11-20(2)19-14/h3,5-6,9,11,16,18H,4,7-8,10,12H2,1-2H3. The van der Waals surface area contributed by atoms with E-state index in [2.05, 4.69) is 41.6 Å². The van der Waals surface area contributed by atoms with Crippen LogP contribution in [-0.4, -0.2) is 22.9 Å². The molecule has 112 valence electrons. The van der Waals surface area contributed by atoms with Crippen LogP contribution in [-0.2, 0) is 13.5 Å². The molecule has 1 unspecified atom stereocenters. The van der Waals surface area contributed by atoms with Gasteiger partial charge in [0.25, 0.3) is 0 Å². The van der Waals surface area contributed by atoms with Crippen molar-refractivity contribution in [3.8, 4) is 5.75 Å². The summed E-state index contributed by atoms with van der Waals surface area (Å²) in [6, 6.07) is 8.89. The number of aromatic nitrogens is 2. The summed E-state index contributed by atoms with van der Waals surface area (Å²) in [6.07, 6.45) is 5.17. The lowest BCUT2D eigenvalue weighted by atomic mass is 9.99. The molecule has 0 spiro atoms. The van der Waals surface area contributed by atoms with E-state index >= 15 is 0 Å². The minimum absolute atomic E-state index is 0.381. The van der Waals surface area contributed by atoms with E-state index in [1.807, 2.05) is 17.9 Å². The predicted octanol–water partition coefficient (Wildman–Crippen LogP) is 2.77. The van der Waals surface area contributed by atoms with Crippen molar-refractivity contribution in [1.29, 1.82) is 0 Å². The van der Waals surface area contributed by atoms with Crippen molar-refractivity contribution in [3.05, 3.63) is 47.3 Å². The van der Waals surface area contributed by atoms with E-state index in [-0.39, 0.29) is 0 Å². The van der Waals surface area contributed by atoms with Crippen molar-refractivity contribution in [2.75, 3.05) is 13.2 Å². The Morgan fingerprint density at radius 1 is 1.38 bits per heavy atom. The first-order valence-electron chi connectivity index (χ1n) is 7.68. The first kappa shape index (κ1) is 14.1. The van der Waals surface area contributed by atoms with Gasteiger partial charge in [-0.2, -0.15) is 5.10 Å². The SMILES string of the molecule is Cc1cccc2c1OCCCC2NCCc1ccn(C)n1. The van der Waals surface area contributed by atoms with E-state index in [9.17, 15) is 0 Å². The maximum Gasteiger partial charge on any atom is 0.126 e. The lowest BCUT2D eigenvalue weighted by molar-refractivity contribution is 0.313. The molecular formula is C17H23N3O.